The van der Waals surface area contributed by atoms with E-state index in [4.69, 9.17) is 21.1 Å². The summed E-state index contributed by atoms with van der Waals surface area (Å²) in [4.78, 5) is 27.5. The number of Topliss-reactive ketones (excluding diaryl/α,β-unsaturated/α-hetero) is 1. The summed E-state index contributed by atoms with van der Waals surface area (Å²) in [5.74, 6) is -1.59. The largest absolute Gasteiger partial charge is 0.507 e. The average molecular weight is 466 g/mol. The monoisotopic (exact) mass is 465 g/mol. The van der Waals surface area contributed by atoms with Crippen molar-refractivity contribution in [3.63, 3.8) is 0 Å². The van der Waals surface area contributed by atoms with Gasteiger partial charge in [0.2, 0.25) is 0 Å². The number of amides is 1. The quantitative estimate of drug-likeness (QED) is 0.339. The van der Waals surface area contributed by atoms with Gasteiger partial charge in [-0.3, -0.25) is 14.5 Å². The zero-order valence-electron chi connectivity index (χ0n) is 17.1. The van der Waals surface area contributed by atoms with Crippen molar-refractivity contribution in [3.05, 3.63) is 94.3 Å². The molecule has 0 aromatic heterocycles. The van der Waals surface area contributed by atoms with Crippen molar-refractivity contribution in [2.24, 2.45) is 0 Å². The molecule has 1 amide bonds. The fraction of sp³-hybridized carbons (Fsp3) is 0.120. The molecular formula is C25H17ClFNO5. The predicted octanol–water partition coefficient (Wildman–Crippen LogP) is 4.88. The lowest BCUT2D eigenvalue weighted by Crippen LogP contribution is -2.29. The van der Waals surface area contributed by atoms with Crippen LogP contribution < -0.4 is 14.4 Å². The summed E-state index contributed by atoms with van der Waals surface area (Å²) < 4.78 is 24.7. The Hall–Kier alpha value is -3.84. The molecule has 0 saturated carbocycles. The number of carbonyl (C=O) groups excluding carboxylic acids is 2. The van der Waals surface area contributed by atoms with Gasteiger partial charge in [-0.25, -0.2) is 4.39 Å². The first-order valence-corrected chi connectivity index (χ1v) is 10.5. The molecule has 8 heteroatoms. The van der Waals surface area contributed by atoms with Gasteiger partial charge in [0.05, 0.1) is 11.6 Å². The van der Waals surface area contributed by atoms with Crippen molar-refractivity contribution >= 4 is 34.7 Å². The topological polar surface area (TPSA) is 76.1 Å². The number of hydrogen-bond donors (Lipinski definition) is 1. The summed E-state index contributed by atoms with van der Waals surface area (Å²) in [5, 5.41) is 11.6. The molecule has 2 aliphatic rings. The molecule has 1 unspecified atom stereocenters. The second-order valence-electron chi connectivity index (χ2n) is 7.56. The second-order valence-corrected chi connectivity index (χ2v) is 8.00. The molecule has 3 aromatic rings. The van der Waals surface area contributed by atoms with E-state index in [2.05, 4.69) is 0 Å². The summed E-state index contributed by atoms with van der Waals surface area (Å²) in [6.45, 7) is 0.763. The van der Waals surface area contributed by atoms with E-state index in [1.165, 1.54) is 29.2 Å². The molecule has 0 bridgehead atoms. The fourth-order valence-electron chi connectivity index (χ4n) is 4.03. The first-order valence-electron chi connectivity index (χ1n) is 10.2. The predicted molar refractivity (Wildman–Crippen MR) is 120 cm³/mol. The van der Waals surface area contributed by atoms with Crippen molar-refractivity contribution in [2.45, 2.75) is 6.04 Å². The van der Waals surface area contributed by atoms with Gasteiger partial charge in [-0.05, 0) is 54.1 Å². The smallest absolute Gasteiger partial charge is 0.300 e. The molecule has 6 nitrogen and oxygen atoms in total. The van der Waals surface area contributed by atoms with E-state index in [9.17, 15) is 19.1 Å². The molecule has 0 radical (unpaired) electrons. The maximum absolute atomic E-state index is 13.6. The Morgan fingerprint density at radius 1 is 0.970 bits per heavy atom. The summed E-state index contributed by atoms with van der Waals surface area (Å²) in [6.07, 6.45) is 0. The zero-order valence-corrected chi connectivity index (χ0v) is 17.9. The highest BCUT2D eigenvalue weighted by Gasteiger charge is 2.47. The van der Waals surface area contributed by atoms with Crippen molar-refractivity contribution in [1.29, 1.82) is 0 Å². The number of aliphatic hydroxyl groups is 1. The lowest BCUT2D eigenvalue weighted by Gasteiger charge is -2.25. The van der Waals surface area contributed by atoms with Gasteiger partial charge in [-0.2, -0.15) is 0 Å². The Labute approximate surface area is 193 Å². The Kier molecular flexibility index (Phi) is 5.26. The lowest BCUT2D eigenvalue weighted by atomic mass is 9.95. The maximum Gasteiger partial charge on any atom is 0.300 e. The first-order chi connectivity index (χ1) is 15.9. The van der Waals surface area contributed by atoms with Crippen LogP contribution in [0.4, 0.5) is 10.1 Å². The first kappa shape index (κ1) is 21.0. The maximum atomic E-state index is 13.6. The highest BCUT2D eigenvalue weighted by Crippen LogP contribution is 2.43. The minimum atomic E-state index is -0.989. The van der Waals surface area contributed by atoms with Crippen LogP contribution in [-0.4, -0.2) is 30.0 Å². The summed E-state index contributed by atoms with van der Waals surface area (Å²) in [7, 11) is 0. The molecule has 1 saturated heterocycles. The number of hydrogen-bond acceptors (Lipinski definition) is 5. The molecule has 1 fully saturated rings. The minimum absolute atomic E-state index is 0.122. The van der Waals surface area contributed by atoms with Crippen molar-refractivity contribution in [3.8, 4) is 11.5 Å². The van der Waals surface area contributed by atoms with Crippen LogP contribution in [0.15, 0.2) is 72.3 Å². The molecule has 1 N–H and O–H groups in total. The van der Waals surface area contributed by atoms with Crippen LogP contribution in [0.5, 0.6) is 11.5 Å². The molecule has 33 heavy (non-hydrogen) atoms. The highest BCUT2D eigenvalue weighted by molar-refractivity contribution is 6.51. The molecule has 2 heterocycles. The van der Waals surface area contributed by atoms with Crippen molar-refractivity contribution in [1.82, 2.24) is 0 Å². The van der Waals surface area contributed by atoms with Crippen LogP contribution in [-0.2, 0) is 9.59 Å². The highest BCUT2D eigenvalue weighted by atomic mass is 35.5. The standard InChI is InChI=1S/C25H17ClFNO5/c26-16-2-1-3-18(13-16)28-22(14-4-7-17(27)8-5-14)21(24(30)25(28)31)23(29)15-6-9-19-20(12-15)33-11-10-32-19/h1-9,12-13,22,29H,10-11H2/b23-21-. The summed E-state index contributed by atoms with van der Waals surface area (Å²) in [5.41, 5.74) is 0.994. The van der Waals surface area contributed by atoms with Crippen LogP contribution in [0.2, 0.25) is 5.02 Å². The molecule has 0 spiro atoms. The Bertz CT molecular complexity index is 1300. The zero-order chi connectivity index (χ0) is 23.1. The molecule has 3 aromatic carbocycles. The Morgan fingerprint density at radius 2 is 1.70 bits per heavy atom. The molecule has 0 aliphatic carbocycles. The van der Waals surface area contributed by atoms with Crippen molar-refractivity contribution < 1.29 is 28.6 Å². The third-order valence-electron chi connectivity index (χ3n) is 5.53. The van der Waals surface area contributed by atoms with Gasteiger partial charge in [0.15, 0.2) is 11.5 Å². The van der Waals surface area contributed by atoms with E-state index in [1.54, 1.807) is 42.5 Å². The van der Waals surface area contributed by atoms with E-state index >= 15 is 0 Å². The van der Waals surface area contributed by atoms with Crippen LogP contribution in [0.3, 0.4) is 0 Å². The molecule has 166 valence electrons. The van der Waals surface area contributed by atoms with Gasteiger partial charge >= 0.3 is 0 Å². The number of anilines is 1. The van der Waals surface area contributed by atoms with Gasteiger partial charge in [-0.1, -0.05) is 29.8 Å². The second kappa shape index (κ2) is 8.26. The van der Waals surface area contributed by atoms with Crippen LogP contribution in [0, 0.1) is 5.82 Å². The average Bonchev–Trinajstić information content (AvgIpc) is 3.09. The summed E-state index contributed by atoms with van der Waals surface area (Å²) in [6, 6.07) is 15.7. The number of carbonyl (C=O) groups is 2. The number of ether oxygens (including phenoxy) is 2. The van der Waals surface area contributed by atoms with E-state index in [0.717, 1.165) is 0 Å². The number of nitrogens with zero attached hydrogens (tertiary/aromatic N) is 1. The Balaban J connectivity index is 1.69. The van der Waals surface area contributed by atoms with Crippen LogP contribution in [0.25, 0.3) is 5.76 Å². The van der Waals surface area contributed by atoms with Gasteiger partial charge in [0.1, 0.15) is 24.8 Å². The number of ketones is 1. The minimum Gasteiger partial charge on any atom is -0.507 e. The molecule has 2 aliphatic heterocycles. The van der Waals surface area contributed by atoms with E-state index in [0.29, 0.717) is 41.0 Å². The van der Waals surface area contributed by atoms with Gasteiger partial charge in [-0.15, -0.1) is 0 Å². The molecule has 1 atom stereocenters. The van der Waals surface area contributed by atoms with E-state index < -0.39 is 23.5 Å². The van der Waals surface area contributed by atoms with Gasteiger partial charge in [0, 0.05) is 16.3 Å². The number of aliphatic hydroxyl groups excluding tert-OH is 1. The molecular weight excluding hydrogens is 449 g/mol. The normalized spacial score (nSPS) is 19.1. The number of rotatable bonds is 3. The third kappa shape index (κ3) is 3.70. The summed E-state index contributed by atoms with van der Waals surface area (Å²) >= 11 is 6.12. The van der Waals surface area contributed by atoms with Crippen molar-refractivity contribution in [2.75, 3.05) is 18.1 Å². The van der Waals surface area contributed by atoms with Gasteiger partial charge < -0.3 is 14.6 Å². The Morgan fingerprint density at radius 3 is 2.42 bits per heavy atom. The number of halogens is 2. The lowest BCUT2D eigenvalue weighted by molar-refractivity contribution is -0.132. The number of benzene rings is 3. The van der Waals surface area contributed by atoms with Crippen LogP contribution >= 0.6 is 11.6 Å². The molecule has 5 rings (SSSR count). The third-order valence-corrected chi connectivity index (χ3v) is 5.77. The van der Waals surface area contributed by atoms with E-state index in [1.807, 2.05) is 0 Å². The SMILES string of the molecule is O=C1C(=O)N(c2cccc(Cl)c2)C(c2ccc(F)cc2)/C1=C(/O)c1ccc2c(c1)OCCO2. The fourth-order valence-corrected chi connectivity index (χ4v) is 4.22. The van der Waals surface area contributed by atoms with E-state index in [-0.39, 0.29) is 16.9 Å². The number of fused-ring (bicyclic) bond motifs is 1. The van der Waals surface area contributed by atoms with Gasteiger partial charge in [0.25, 0.3) is 11.7 Å². The van der Waals surface area contributed by atoms with Crippen LogP contribution in [0.1, 0.15) is 17.2 Å².